The van der Waals surface area contributed by atoms with E-state index in [1.165, 1.54) is 12.1 Å². The van der Waals surface area contributed by atoms with Gasteiger partial charge in [0.25, 0.3) is 5.91 Å². The van der Waals surface area contributed by atoms with Gasteiger partial charge < -0.3 is 15.8 Å². The molecule has 0 unspecified atom stereocenters. The highest BCUT2D eigenvalue weighted by Gasteiger charge is 2.36. The van der Waals surface area contributed by atoms with Crippen LogP contribution in [0.25, 0.3) is 22.0 Å². The molecule has 0 bridgehead atoms. The molecule has 0 spiro atoms. The summed E-state index contributed by atoms with van der Waals surface area (Å²) in [6.07, 6.45) is 2.81. The number of rotatable bonds is 8. The van der Waals surface area contributed by atoms with Crippen LogP contribution in [0.15, 0.2) is 53.0 Å². The Labute approximate surface area is 225 Å². The second kappa shape index (κ2) is 9.51. The molecular formula is C28H29FN4O5S. The van der Waals surface area contributed by atoms with Crippen molar-refractivity contribution in [3.05, 3.63) is 70.7 Å². The maximum Gasteiger partial charge on any atom is 0.352 e. The maximum absolute atomic E-state index is 14.9. The number of aromatic amines is 1. The van der Waals surface area contributed by atoms with E-state index < -0.39 is 33.3 Å². The zero-order chi connectivity index (χ0) is 28.3. The van der Waals surface area contributed by atoms with Crippen molar-refractivity contribution in [3.63, 3.8) is 0 Å². The first-order valence-corrected chi connectivity index (χ1v) is 14.5. The number of nitrogens with zero attached hydrogens (tertiary/aromatic N) is 2. The van der Waals surface area contributed by atoms with Crippen molar-refractivity contribution in [1.82, 2.24) is 9.88 Å². The number of hydrogen-bond donors (Lipinski definition) is 3. The van der Waals surface area contributed by atoms with E-state index in [1.54, 1.807) is 18.2 Å². The molecule has 0 aliphatic carbocycles. The number of halogens is 1. The van der Waals surface area contributed by atoms with Gasteiger partial charge in [0.2, 0.25) is 0 Å². The van der Waals surface area contributed by atoms with Crippen molar-refractivity contribution >= 4 is 38.3 Å². The minimum absolute atomic E-state index is 0.00378. The van der Waals surface area contributed by atoms with Gasteiger partial charge in [-0.2, -0.15) is 0 Å². The van der Waals surface area contributed by atoms with E-state index in [-0.39, 0.29) is 28.3 Å². The fourth-order valence-corrected chi connectivity index (χ4v) is 6.31. The molecule has 1 fully saturated rings. The van der Waals surface area contributed by atoms with Gasteiger partial charge in [0.05, 0.1) is 17.0 Å². The lowest BCUT2D eigenvalue weighted by molar-refractivity contribution is -0.114. The highest BCUT2D eigenvalue weighted by atomic mass is 32.2. The number of H-pyrrole nitrogens is 1. The summed E-state index contributed by atoms with van der Waals surface area (Å²) in [7, 11) is -3.46. The number of para-hydroxylation sites is 1. The summed E-state index contributed by atoms with van der Waals surface area (Å²) >= 11 is 0. The number of aromatic carboxylic acids is 1. The lowest BCUT2D eigenvalue weighted by atomic mass is 9.89. The van der Waals surface area contributed by atoms with Crippen LogP contribution in [-0.2, 0) is 20.4 Å². The lowest BCUT2D eigenvalue weighted by Crippen LogP contribution is -2.65. The van der Waals surface area contributed by atoms with Crippen LogP contribution in [0, 0.1) is 5.82 Å². The number of sulfone groups is 1. The number of nitrogens with one attached hydrogen (secondary N) is 1. The molecule has 39 heavy (non-hydrogen) atoms. The van der Waals surface area contributed by atoms with E-state index >= 15 is 0 Å². The number of carboxylic acid groups (broad SMARTS) is 1. The fourth-order valence-electron chi connectivity index (χ4n) is 5.51. The number of aromatic nitrogens is 1. The quantitative estimate of drug-likeness (QED) is 0.389. The van der Waals surface area contributed by atoms with Gasteiger partial charge in [0.1, 0.15) is 11.5 Å². The van der Waals surface area contributed by atoms with Crippen molar-refractivity contribution in [3.8, 4) is 11.1 Å². The van der Waals surface area contributed by atoms with Crippen LogP contribution in [0.1, 0.15) is 41.4 Å². The van der Waals surface area contributed by atoms with Crippen LogP contribution in [0.4, 0.5) is 4.39 Å². The molecule has 0 saturated carbocycles. The van der Waals surface area contributed by atoms with Gasteiger partial charge in [-0.05, 0) is 30.2 Å². The standard InChI is InChI=1S/C28H29FN4O5S/c1-15(21-10-18(31-26(21)34)11-33-13-28(2,30)14-33)19-5-4-6-20-23(25(27(35)36)32-24(19)20)16-7-8-17(22(29)9-16)12-39(3,37)38/h4-10,15,32H,11-14,30H2,1-3H3,(H,35,36)/t15-/m0/s1. The van der Waals surface area contributed by atoms with E-state index in [1.807, 2.05) is 19.9 Å². The number of amides is 1. The average molecular weight is 553 g/mol. The molecule has 0 radical (unpaired) electrons. The first-order chi connectivity index (χ1) is 18.2. The van der Waals surface area contributed by atoms with Crippen LogP contribution in [0.3, 0.4) is 0 Å². The number of likely N-dealkylation sites (tertiary alicyclic amines) is 1. The normalized spacial score (nSPS) is 18.1. The van der Waals surface area contributed by atoms with Gasteiger partial charge in [-0.1, -0.05) is 37.3 Å². The van der Waals surface area contributed by atoms with E-state index in [2.05, 4.69) is 14.9 Å². The fraction of sp³-hybridized carbons (Fsp3) is 0.321. The van der Waals surface area contributed by atoms with E-state index in [4.69, 9.17) is 5.73 Å². The summed E-state index contributed by atoms with van der Waals surface area (Å²) in [5.74, 6) is -3.17. The zero-order valence-corrected chi connectivity index (χ0v) is 22.6. The smallest absolute Gasteiger partial charge is 0.352 e. The summed E-state index contributed by atoms with van der Waals surface area (Å²) in [5.41, 5.74) is 8.66. The molecule has 3 aromatic rings. The molecule has 1 atom stereocenters. The Balaban J connectivity index is 1.52. The van der Waals surface area contributed by atoms with Crippen molar-refractivity contribution in [1.29, 1.82) is 0 Å². The molecular weight excluding hydrogens is 523 g/mol. The van der Waals surface area contributed by atoms with Crippen molar-refractivity contribution in [2.75, 3.05) is 25.9 Å². The molecule has 11 heteroatoms. The van der Waals surface area contributed by atoms with Crippen LogP contribution < -0.4 is 5.73 Å². The first-order valence-electron chi connectivity index (χ1n) is 12.4. The van der Waals surface area contributed by atoms with Gasteiger partial charge >= 0.3 is 5.97 Å². The zero-order valence-electron chi connectivity index (χ0n) is 21.8. The molecule has 2 aromatic carbocycles. The van der Waals surface area contributed by atoms with E-state index in [0.29, 0.717) is 39.9 Å². The van der Waals surface area contributed by atoms with Gasteiger partial charge in [0.15, 0.2) is 9.84 Å². The van der Waals surface area contributed by atoms with Gasteiger partial charge in [-0.3, -0.25) is 9.69 Å². The van der Waals surface area contributed by atoms with Gasteiger partial charge in [0, 0.05) is 59.4 Å². The van der Waals surface area contributed by atoms with Crippen molar-refractivity contribution < 1.29 is 27.5 Å². The Morgan fingerprint density at radius 3 is 2.62 bits per heavy atom. The Morgan fingerprint density at radius 2 is 2.00 bits per heavy atom. The van der Waals surface area contributed by atoms with E-state index in [9.17, 15) is 27.5 Å². The summed E-state index contributed by atoms with van der Waals surface area (Å²) in [6.45, 7) is 5.80. The number of aliphatic imine (C=N–C) groups is 1. The Bertz CT molecular complexity index is 1700. The molecule has 2 aliphatic rings. The summed E-state index contributed by atoms with van der Waals surface area (Å²) < 4.78 is 38.2. The summed E-state index contributed by atoms with van der Waals surface area (Å²) in [6, 6.07) is 9.32. The third-order valence-corrected chi connectivity index (χ3v) is 7.98. The molecule has 5 rings (SSSR count). The minimum Gasteiger partial charge on any atom is -0.477 e. The predicted molar refractivity (Wildman–Crippen MR) is 147 cm³/mol. The molecule has 1 amide bonds. The second-order valence-corrected chi connectivity index (χ2v) is 13.0. The van der Waals surface area contributed by atoms with E-state index in [0.717, 1.165) is 25.4 Å². The third-order valence-electron chi connectivity index (χ3n) is 7.14. The molecule has 4 N–H and O–H groups in total. The largest absolute Gasteiger partial charge is 0.477 e. The number of carbonyl (C=O) groups is 2. The number of carbonyl (C=O) groups excluding carboxylic acids is 1. The molecule has 2 aliphatic heterocycles. The van der Waals surface area contributed by atoms with Gasteiger partial charge in [-0.15, -0.1) is 0 Å². The Morgan fingerprint density at radius 1 is 1.28 bits per heavy atom. The minimum atomic E-state index is -3.46. The van der Waals surface area contributed by atoms with Crippen LogP contribution in [-0.4, -0.2) is 72.4 Å². The number of fused-ring (bicyclic) bond motifs is 1. The van der Waals surface area contributed by atoms with Crippen molar-refractivity contribution in [2.24, 2.45) is 10.7 Å². The number of carboxylic acids is 1. The van der Waals surface area contributed by atoms with Crippen LogP contribution in [0.2, 0.25) is 0 Å². The predicted octanol–water partition coefficient (Wildman–Crippen LogP) is 3.26. The number of benzene rings is 2. The SMILES string of the molecule is C[C@H](C1=CC(CN2CC(C)(N)C2)=NC1=O)c1cccc2c(-c3ccc(CS(C)(=O)=O)c(F)c3)c(C(=O)O)[nH]c12. The monoisotopic (exact) mass is 552 g/mol. The molecule has 9 nitrogen and oxygen atoms in total. The highest BCUT2D eigenvalue weighted by Crippen LogP contribution is 2.39. The average Bonchev–Trinajstić information content (AvgIpc) is 3.38. The van der Waals surface area contributed by atoms with Crippen molar-refractivity contribution in [2.45, 2.75) is 31.1 Å². The third kappa shape index (κ3) is 5.29. The number of hydrogen-bond acceptors (Lipinski definition) is 6. The topological polar surface area (TPSA) is 146 Å². The summed E-state index contributed by atoms with van der Waals surface area (Å²) in [4.78, 5) is 34.4. The van der Waals surface area contributed by atoms with Crippen LogP contribution in [0.5, 0.6) is 0 Å². The molecule has 204 valence electrons. The van der Waals surface area contributed by atoms with Gasteiger partial charge in [-0.25, -0.2) is 22.6 Å². The molecule has 1 saturated heterocycles. The molecule has 1 aromatic heterocycles. The Hall–Kier alpha value is -3.67. The highest BCUT2D eigenvalue weighted by molar-refractivity contribution is 7.89. The molecule has 3 heterocycles. The first kappa shape index (κ1) is 26.9. The maximum atomic E-state index is 14.9. The Kier molecular flexibility index (Phi) is 6.56. The van der Waals surface area contributed by atoms with Crippen LogP contribution >= 0.6 is 0 Å². The summed E-state index contributed by atoms with van der Waals surface area (Å²) in [5, 5.41) is 10.5. The second-order valence-electron chi connectivity index (χ2n) is 10.9. The lowest BCUT2D eigenvalue weighted by Gasteiger charge is -2.45. The number of nitrogens with two attached hydrogens (primary N) is 1.